The number of unbranched alkanes of at least 4 members (excludes halogenated alkanes) is 2. The molecular weight excluding hydrogens is 468 g/mol. The van der Waals surface area contributed by atoms with Gasteiger partial charge in [0.15, 0.2) is 0 Å². The average Bonchev–Trinajstić information content (AvgIpc) is 2.90. The van der Waals surface area contributed by atoms with E-state index in [1.54, 1.807) is 0 Å². The molecule has 202 valence electrons. The van der Waals surface area contributed by atoms with Crippen LogP contribution in [0.25, 0.3) is 0 Å². The summed E-state index contributed by atoms with van der Waals surface area (Å²) in [7, 11) is 1.26. The first kappa shape index (κ1) is 28.6. The first-order valence-corrected chi connectivity index (χ1v) is 13.3. The number of aryl methyl sites for hydroxylation is 1. The van der Waals surface area contributed by atoms with Crippen LogP contribution < -0.4 is 16.0 Å². The lowest BCUT2D eigenvalue weighted by Gasteiger charge is -2.41. The van der Waals surface area contributed by atoms with Crippen molar-refractivity contribution in [3.8, 4) is 0 Å². The van der Waals surface area contributed by atoms with E-state index in [9.17, 15) is 9.59 Å². The molecule has 1 fully saturated rings. The van der Waals surface area contributed by atoms with Gasteiger partial charge >= 0.3 is 11.9 Å². The third kappa shape index (κ3) is 9.14. The maximum Gasteiger partial charge on any atom is 0.323 e. The number of anilines is 1. The van der Waals surface area contributed by atoms with Crippen LogP contribution in [0.2, 0.25) is 0 Å². The number of carboxylic acids is 1. The number of ether oxygens (including phenoxy) is 1. The van der Waals surface area contributed by atoms with Crippen molar-refractivity contribution in [2.24, 2.45) is 0 Å². The molecule has 1 aliphatic heterocycles. The summed E-state index contributed by atoms with van der Waals surface area (Å²) in [6.45, 7) is 7.82. The summed E-state index contributed by atoms with van der Waals surface area (Å²) >= 11 is 0. The van der Waals surface area contributed by atoms with Crippen LogP contribution >= 0.6 is 0 Å². The molecule has 3 rings (SSSR count). The zero-order valence-electron chi connectivity index (χ0n) is 22.3. The van der Waals surface area contributed by atoms with Crippen molar-refractivity contribution in [2.45, 2.75) is 64.2 Å². The van der Waals surface area contributed by atoms with Gasteiger partial charge in [-0.05, 0) is 49.6 Å². The van der Waals surface area contributed by atoms with Gasteiger partial charge in [-0.15, -0.1) is 0 Å². The van der Waals surface area contributed by atoms with E-state index in [0.717, 1.165) is 30.9 Å². The van der Waals surface area contributed by atoms with Crippen molar-refractivity contribution >= 4 is 17.6 Å². The fourth-order valence-electron chi connectivity index (χ4n) is 4.70. The molecule has 2 aromatic carbocycles. The average molecular weight is 511 g/mol. The highest BCUT2D eigenvalue weighted by atomic mass is 16.5. The predicted octanol–water partition coefficient (Wildman–Crippen LogP) is 3.72. The molecule has 0 bridgehead atoms. The molecule has 1 aliphatic rings. The SMILES string of the molecule is CCCCCN1CC(c2ccc(C)cc2)CNC1Nc1ccc(CCNC(CC(=O)O)C(=O)OC)cc1. The van der Waals surface area contributed by atoms with E-state index in [1.807, 2.05) is 0 Å². The molecule has 1 heterocycles. The second-order valence-corrected chi connectivity index (χ2v) is 9.84. The maximum atomic E-state index is 11.8. The van der Waals surface area contributed by atoms with Gasteiger partial charge in [-0.2, -0.15) is 0 Å². The Morgan fingerprint density at radius 1 is 1.14 bits per heavy atom. The standard InChI is InChI=1S/C29H42N4O4/c1-4-5-6-17-33-20-24(23-11-7-21(2)8-12-23)19-31-29(33)32-25-13-9-22(10-14-25)15-16-30-26(18-27(34)35)28(36)37-3/h7-14,24,26,29-32H,4-6,15-20H2,1-3H3,(H,34,35). The van der Waals surface area contributed by atoms with Gasteiger partial charge in [-0.1, -0.05) is 61.7 Å². The third-order valence-electron chi connectivity index (χ3n) is 6.90. The van der Waals surface area contributed by atoms with Gasteiger partial charge < -0.3 is 20.5 Å². The molecule has 0 aromatic heterocycles. The Balaban J connectivity index is 1.55. The summed E-state index contributed by atoms with van der Waals surface area (Å²) in [6, 6.07) is 16.3. The Morgan fingerprint density at radius 2 is 1.86 bits per heavy atom. The number of hydrogen-bond donors (Lipinski definition) is 4. The summed E-state index contributed by atoms with van der Waals surface area (Å²) in [5, 5.41) is 19.4. The van der Waals surface area contributed by atoms with E-state index in [0.29, 0.717) is 18.9 Å². The van der Waals surface area contributed by atoms with E-state index in [-0.39, 0.29) is 12.7 Å². The molecule has 2 aromatic rings. The largest absolute Gasteiger partial charge is 0.481 e. The Labute approximate surface area is 220 Å². The van der Waals surface area contributed by atoms with E-state index in [1.165, 1.54) is 37.5 Å². The molecule has 3 unspecified atom stereocenters. The zero-order chi connectivity index (χ0) is 26.6. The maximum absolute atomic E-state index is 11.8. The van der Waals surface area contributed by atoms with Crippen LogP contribution in [-0.2, 0) is 20.7 Å². The minimum Gasteiger partial charge on any atom is -0.481 e. The number of carbonyl (C=O) groups excluding carboxylic acids is 1. The molecule has 0 amide bonds. The lowest BCUT2D eigenvalue weighted by molar-refractivity contribution is -0.148. The normalized spacial score (nSPS) is 18.8. The molecular formula is C29H42N4O4. The molecule has 1 saturated heterocycles. The van der Waals surface area contributed by atoms with E-state index in [4.69, 9.17) is 9.84 Å². The number of carboxylic acid groups (broad SMARTS) is 1. The van der Waals surface area contributed by atoms with Gasteiger partial charge in [0.05, 0.1) is 13.5 Å². The van der Waals surface area contributed by atoms with Gasteiger partial charge in [0.2, 0.25) is 0 Å². The summed E-state index contributed by atoms with van der Waals surface area (Å²) in [4.78, 5) is 25.3. The Bertz CT molecular complexity index is 980. The second-order valence-electron chi connectivity index (χ2n) is 9.84. The van der Waals surface area contributed by atoms with Crippen LogP contribution in [0.5, 0.6) is 0 Å². The Hall–Kier alpha value is -2.94. The minimum absolute atomic E-state index is 0.0721. The number of carbonyl (C=O) groups is 2. The number of aliphatic carboxylic acids is 1. The summed E-state index contributed by atoms with van der Waals surface area (Å²) < 4.78 is 4.70. The van der Waals surface area contributed by atoms with E-state index < -0.39 is 18.0 Å². The molecule has 0 aliphatic carbocycles. The third-order valence-corrected chi connectivity index (χ3v) is 6.90. The first-order valence-electron chi connectivity index (χ1n) is 13.3. The van der Waals surface area contributed by atoms with Crippen LogP contribution in [-0.4, -0.2) is 67.6 Å². The predicted molar refractivity (Wildman–Crippen MR) is 147 cm³/mol. The van der Waals surface area contributed by atoms with Crippen molar-refractivity contribution in [2.75, 3.05) is 38.6 Å². The first-order chi connectivity index (χ1) is 17.9. The Kier molecular flexibility index (Phi) is 11.4. The quantitative estimate of drug-likeness (QED) is 0.225. The van der Waals surface area contributed by atoms with E-state index in [2.05, 4.69) is 83.2 Å². The van der Waals surface area contributed by atoms with Crippen LogP contribution in [0, 0.1) is 6.92 Å². The molecule has 0 spiro atoms. The molecule has 8 heteroatoms. The van der Waals surface area contributed by atoms with Crippen LogP contribution in [0.4, 0.5) is 5.69 Å². The van der Waals surface area contributed by atoms with Crippen molar-refractivity contribution in [1.29, 1.82) is 0 Å². The summed E-state index contributed by atoms with van der Waals surface area (Å²) in [5.74, 6) is -1.14. The fraction of sp³-hybridized carbons (Fsp3) is 0.517. The van der Waals surface area contributed by atoms with Gasteiger partial charge in [0, 0.05) is 31.2 Å². The van der Waals surface area contributed by atoms with Crippen molar-refractivity contribution < 1.29 is 19.4 Å². The van der Waals surface area contributed by atoms with Crippen LogP contribution in [0.1, 0.15) is 55.2 Å². The molecule has 0 radical (unpaired) electrons. The highest BCUT2D eigenvalue weighted by Gasteiger charge is 2.28. The summed E-state index contributed by atoms with van der Waals surface area (Å²) in [5.41, 5.74) is 4.82. The number of esters is 1. The monoisotopic (exact) mass is 510 g/mol. The molecule has 3 atom stereocenters. The smallest absolute Gasteiger partial charge is 0.323 e. The highest BCUT2D eigenvalue weighted by molar-refractivity contribution is 5.81. The highest BCUT2D eigenvalue weighted by Crippen LogP contribution is 2.23. The van der Waals surface area contributed by atoms with Crippen LogP contribution in [0.3, 0.4) is 0 Å². The summed E-state index contributed by atoms with van der Waals surface area (Å²) in [6.07, 6.45) is 4.05. The number of rotatable bonds is 14. The molecule has 0 saturated carbocycles. The van der Waals surface area contributed by atoms with Crippen molar-refractivity contribution in [3.63, 3.8) is 0 Å². The van der Waals surface area contributed by atoms with Gasteiger partial charge in [-0.25, -0.2) is 0 Å². The molecule has 37 heavy (non-hydrogen) atoms. The number of benzene rings is 2. The number of nitrogens with one attached hydrogen (secondary N) is 3. The minimum atomic E-state index is -1.04. The number of hydrogen-bond acceptors (Lipinski definition) is 7. The number of nitrogens with zero attached hydrogens (tertiary/aromatic N) is 1. The molecule has 4 N–H and O–H groups in total. The lowest BCUT2D eigenvalue weighted by atomic mass is 9.95. The van der Waals surface area contributed by atoms with Crippen molar-refractivity contribution in [1.82, 2.24) is 15.5 Å². The lowest BCUT2D eigenvalue weighted by Crippen LogP contribution is -2.58. The Morgan fingerprint density at radius 3 is 2.51 bits per heavy atom. The van der Waals surface area contributed by atoms with Crippen molar-refractivity contribution in [3.05, 3.63) is 65.2 Å². The topological polar surface area (TPSA) is 103 Å². The zero-order valence-corrected chi connectivity index (χ0v) is 22.3. The van der Waals surface area contributed by atoms with E-state index >= 15 is 0 Å². The van der Waals surface area contributed by atoms with Gasteiger partial charge in [0.25, 0.3) is 0 Å². The second kappa shape index (κ2) is 14.7. The molecule has 8 nitrogen and oxygen atoms in total. The fourth-order valence-corrected chi connectivity index (χ4v) is 4.70. The van der Waals surface area contributed by atoms with Gasteiger partial charge in [-0.3, -0.25) is 19.8 Å². The van der Waals surface area contributed by atoms with Crippen LogP contribution in [0.15, 0.2) is 48.5 Å². The number of methoxy groups -OCH3 is 1. The van der Waals surface area contributed by atoms with Gasteiger partial charge in [0.1, 0.15) is 12.3 Å².